The van der Waals surface area contributed by atoms with E-state index >= 15 is 0 Å². The first-order valence-corrected chi connectivity index (χ1v) is 9.15. The zero-order valence-corrected chi connectivity index (χ0v) is 14.9. The summed E-state index contributed by atoms with van der Waals surface area (Å²) in [6, 6.07) is 5.68. The lowest BCUT2D eigenvalue weighted by molar-refractivity contribution is 0.0602. The van der Waals surface area contributed by atoms with E-state index in [0.29, 0.717) is 11.3 Å². The first-order chi connectivity index (χ1) is 11.2. The van der Waals surface area contributed by atoms with Gasteiger partial charge in [-0.2, -0.15) is 0 Å². The lowest BCUT2D eigenvalue weighted by Crippen LogP contribution is -2.06. The molecule has 0 aliphatic carbocycles. The number of carbonyl (C=O) groups excluding carboxylic acids is 1. The number of nitrogen functional groups attached to an aromatic ring is 1. The SMILES string of the molecule is CCCCCCCCCCCCc1ccc(N)c(C(=O)OC)c1. The summed E-state index contributed by atoms with van der Waals surface area (Å²) in [6.07, 6.45) is 14.4. The van der Waals surface area contributed by atoms with Crippen molar-refractivity contribution >= 4 is 11.7 Å². The lowest BCUT2D eigenvalue weighted by atomic mass is 10.0. The van der Waals surface area contributed by atoms with Crippen LogP contribution in [0, 0.1) is 0 Å². The van der Waals surface area contributed by atoms with Crippen LogP contribution in [-0.4, -0.2) is 13.1 Å². The molecule has 1 aromatic rings. The average Bonchev–Trinajstić information content (AvgIpc) is 2.57. The van der Waals surface area contributed by atoms with E-state index in [4.69, 9.17) is 10.5 Å². The highest BCUT2D eigenvalue weighted by Gasteiger charge is 2.10. The highest BCUT2D eigenvalue weighted by atomic mass is 16.5. The van der Waals surface area contributed by atoms with Crippen molar-refractivity contribution in [2.45, 2.75) is 77.6 Å². The minimum atomic E-state index is -0.354. The van der Waals surface area contributed by atoms with Gasteiger partial charge in [0.25, 0.3) is 0 Å². The fraction of sp³-hybridized carbons (Fsp3) is 0.650. The molecule has 0 unspecified atom stereocenters. The second kappa shape index (κ2) is 12.0. The number of benzene rings is 1. The molecule has 0 atom stereocenters. The molecule has 0 aliphatic rings. The number of carbonyl (C=O) groups is 1. The molecule has 3 heteroatoms. The molecule has 3 nitrogen and oxygen atoms in total. The van der Waals surface area contributed by atoms with E-state index in [1.807, 2.05) is 12.1 Å². The fourth-order valence-corrected chi connectivity index (χ4v) is 2.86. The molecular formula is C20H33NO2. The summed E-state index contributed by atoms with van der Waals surface area (Å²) in [7, 11) is 1.39. The summed E-state index contributed by atoms with van der Waals surface area (Å²) in [6.45, 7) is 2.26. The van der Waals surface area contributed by atoms with Crippen LogP contribution in [0.5, 0.6) is 0 Å². The van der Waals surface area contributed by atoms with Crippen molar-refractivity contribution in [3.05, 3.63) is 29.3 Å². The lowest BCUT2D eigenvalue weighted by Gasteiger charge is -2.07. The van der Waals surface area contributed by atoms with Crippen molar-refractivity contribution in [2.75, 3.05) is 12.8 Å². The Kier molecular flexibility index (Phi) is 10.2. The van der Waals surface area contributed by atoms with Gasteiger partial charge in [-0.3, -0.25) is 0 Å². The van der Waals surface area contributed by atoms with Crippen LogP contribution >= 0.6 is 0 Å². The maximum atomic E-state index is 11.6. The second-order valence-corrected chi connectivity index (χ2v) is 6.35. The van der Waals surface area contributed by atoms with Crippen LogP contribution in [-0.2, 0) is 11.2 Å². The molecule has 0 radical (unpaired) electrons. The summed E-state index contributed by atoms with van der Waals surface area (Å²) >= 11 is 0. The third-order valence-corrected chi connectivity index (χ3v) is 4.34. The maximum Gasteiger partial charge on any atom is 0.339 e. The fourth-order valence-electron chi connectivity index (χ4n) is 2.86. The molecule has 0 bridgehead atoms. The largest absolute Gasteiger partial charge is 0.465 e. The molecule has 0 saturated heterocycles. The van der Waals surface area contributed by atoms with Crippen LogP contribution < -0.4 is 5.73 Å². The van der Waals surface area contributed by atoms with Gasteiger partial charge in [0.15, 0.2) is 0 Å². The van der Waals surface area contributed by atoms with Gasteiger partial charge in [-0.05, 0) is 30.5 Å². The standard InChI is InChI=1S/C20H33NO2/c1-3-4-5-6-7-8-9-10-11-12-13-17-14-15-19(21)18(16-17)20(22)23-2/h14-16H,3-13,21H2,1-2H3. The molecule has 130 valence electrons. The van der Waals surface area contributed by atoms with Crippen molar-refractivity contribution in [2.24, 2.45) is 0 Å². The Balaban J connectivity index is 2.15. The molecule has 0 aromatic heterocycles. The summed E-state index contributed by atoms with van der Waals surface area (Å²) in [5, 5.41) is 0. The third-order valence-electron chi connectivity index (χ3n) is 4.34. The molecule has 1 rings (SSSR count). The zero-order valence-electron chi connectivity index (χ0n) is 14.9. The number of rotatable bonds is 12. The van der Waals surface area contributed by atoms with E-state index < -0.39 is 0 Å². The Morgan fingerprint density at radius 1 is 0.957 bits per heavy atom. The van der Waals surface area contributed by atoms with E-state index in [1.54, 1.807) is 6.07 Å². The zero-order chi connectivity index (χ0) is 16.9. The number of anilines is 1. The van der Waals surface area contributed by atoms with Gasteiger partial charge in [0.2, 0.25) is 0 Å². The number of hydrogen-bond donors (Lipinski definition) is 1. The predicted octanol–water partition coefficient (Wildman–Crippen LogP) is 5.52. The van der Waals surface area contributed by atoms with E-state index in [9.17, 15) is 4.79 Å². The quantitative estimate of drug-likeness (QED) is 0.313. The monoisotopic (exact) mass is 319 g/mol. The number of esters is 1. The minimum absolute atomic E-state index is 0.354. The summed E-state index contributed by atoms with van der Waals surface area (Å²) < 4.78 is 4.76. The Morgan fingerprint density at radius 2 is 1.52 bits per heavy atom. The molecule has 0 amide bonds. The Labute approximate surface area is 141 Å². The van der Waals surface area contributed by atoms with E-state index in [0.717, 1.165) is 6.42 Å². The summed E-state index contributed by atoms with van der Waals surface area (Å²) in [5.41, 5.74) is 7.96. The normalized spacial score (nSPS) is 10.7. The molecule has 1 aromatic carbocycles. The smallest absolute Gasteiger partial charge is 0.339 e. The highest BCUT2D eigenvalue weighted by Crippen LogP contribution is 2.18. The van der Waals surface area contributed by atoms with Gasteiger partial charge >= 0.3 is 5.97 Å². The minimum Gasteiger partial charge on any atom is -0.465 e. The van der Waals surface area contributed by atoms with Gasteiger partial charge < -0.3 is 10.5 Å². The van der Waals surface area contributed by atoms with Crippen molar-refractivity contribution in [1.29, 1.82) is 0 Å². The van der Waals surface area contributed by atoms with E-state index in [1.165, 1.54) is 76.9 Å². The first kappa shape index (κ1) is 19.5. The van der Waals surface area contributed by atoms with Crippen molar-refractivity contribution in [3.8, 4) is 0 Å². The number of unbranched alkanes of at least 4 members (excludes halogenated alkanes) is 9. The van der Waals surface area contributed by atoms with Gasteiger partial charge in [-0.25, -0.2) is 4.79 Å². The summed E-state index contributed by atoms with van der Waals surface area (Å²) in [4.78, 5) is 11.6. The number of aryl methyl sites for hydroxylation is 1. The Bertz CT molecular complexity index is 457. The van der Waals surface area contributed by atoms with Crippen LogP contribution in [0.4, 0.5) is 5.69 Å². The van der Waals surface area contributed by atoms with Gasteiger partial charge in [-0.1, -0.05) is 70.8 Å². The topological polar surface area (TPSA) is 52.3 Å². The number of nitrogens with two attached hydrogens (primary N) is 1. The van der Waals surface area contributed by atoms with Gasteiger partial charge in [0, 0.05) is 5.69 Å². The van der Waals surface area contributed by atoms with Crippen LogP contribution in [0.15, 0.2) is 18.2 Å². The Hall–Kier alpha value is -1.51. The predicted molar refractivity (Wildman–Crippen MR) is 97.7 cm³/mol. The van der Waals surface area contributed by atoms with Crippen LogP contribution in [0.1, 0.15) is 87.1 Å². The Morgan fingerprint density at radius 3 is 2.09 bits per heavy atom. The molecule has 23 heavy (non-hydrogen) atoms. The maximum absolute atomic E-state index is 11.6. The molecule has 0 aliphatic heterocycles. The molecule has 2 N–H and O–H groups in total. The molecule has 0 saturated carbocycles. The van der Waals surface area contributed by atoms with Gasteiger partial charge in [0.1, 0.15) is 0 Å². The van der Waals surface area contributed by atoms with Crippen molar-refractivity contribution in [1.82, 2.24) is 0 Å². The molecule has 0 spiro atoms. The number of ether oxygens (including phenoxy) is 1. The second-order valence-electron chi connectivity index (χ2n) is 6.35. The molecular weight excluding hydrogens is 286 g/mol. The number of hydrogen-bond acceptors (Lipinski definition) is 3. The van der Waals surface area contributed by atoms with Gasteiger partial charge in [-0.15, -0.1) is 0 Å². The van der Waals surface area contributed by atoms with Crippen LogP contribution in [0.25, 0.3) is 0 Å². The van der Waals surface area contributed by atoms with Gasteiger partial charge in [0.05, 0.1) is 12.7 Å². The molecule has 0 heterocycles. The molecule has 0 fully saturated rings. The first-order valence-electron chi connectivity index (χ1n) is 9.15. The number of methoxy groups -OCH3 is 1. The van der Waals surface area contributed by atoms with Crippen molar-refractivity contribution < 1.29 is 9.53 Å². The highest BCUT2D eigenvalue weighted by molar-refractivity contribution is 5.95. The van der Waals surface area contributed by atoms with Crippen LogP contribution in [0.3, 0.4) is 0 Å². The van der Waals surface area contributed by atoms with Crippen LogP contribution in [0.2, 0.25) is 0 Å². The third kappa shape index (κ3) is 8.06. The van der Waals surface area contributed by atoms with Crippen molar-refractivity contribution in [3.63, 3.8) is 0 Å². The average molecular weight is 319 g/mol. The van der Waals surface area contributed by atoms with E-state index in [-0.39, 0.29) is 5.97 Å². The summed E-state index contributed by atoms with van der Waals surface area (Å²) in [5.74, 6) is -0.354. The van der Waals surface area contributed by atoms with E-state index in [2.05, 4.69) is 6.92 Å².